The van der Waals surface area contributed by atoms with E-state index in [-0.39, 0.29) is 22.9 Å². The van der Waals surface area contributed by atoms with Crippen molar-refractivity contribution in [2.45, 2.75) is 6.61 Å². The minimum Gasteiger partial charge on any atom is -0.391 e. The summed E-state index contributed by atoms with van der Waals surface area (Å²) in [6, 6.07) is 13.6. The highest BCUT2D eigenvalue weighted by Gasteiger charge is 2.22. The van der Waals surface area contributed by atoms with Crippen molar-refractivity contribution in [3.05, 3.63) is 64.9 Å². The third-order valence-electron chi connectivity index (χ3n) is 3.18. The average molecular weight is 304 g/mol. The second-order valence-corrected chi connectivity index (χ2v) is 4.87. The molecule has 0 saturated heterocycles. The largest absolute Gasteiger partial charge is 0.391 e. The monoisotopic (exact) mass is 303 g/mol. The summed E-state index contributed by atoms with van der Waals surface area (Å²) >= 11 is 6.04. The van der Waals surface area contributed by atoms with E-state index in [4.69, 9.17) is 16.1 Å². The van der Waals surface area contributed by atoms with Crippen molar-refractivity contribution in [2.75, 3.05) is 0 Å². The average Bonchev–Trinajstić information content (AvgIpc) is 2.91. The van der Waals surface area contributed by atoms with Gasteiger partial charge in [-0.3, -0.25) is 0 Å². The summed E-state index contributed by atoms with van der Waals surface area (Å²) in [7, 11) is 0. The second kappa shape index (κ2) is 5.68. The summed E-state index contributed by atoms with van der Waals surface area (Å²) in [5, 5.41) is 13.7. The number of aliphatic hydroxyl groups is 1. The van der Waals surface area contributed by atoms with Crippen LogP contribution in [-0.4, -0.2) is 10.3 Å². The Labute approximate surface area is 125 Å². The molecule has 0 bridgehead atoms. The molecule has 0 spiro atoms. The molecule has 21 heavy (non-hydrogen) atoms. The lowest BCUT2D eigenvalue weighted by atomic mass is 10.0. The predicted octanol–water partition coefficient (Wildman–Crippen LogP) is 4.29. The van der Waals surface area contributed by atoms with E-state index in [1.165, 1.54) is 12.1 Å². The Hall–Kier alpha value is -2.17. The van der Waals surface area contributed by atoms with Crippen LogP contribution in [-0.2, 0) is 6.61 Å². The maximum Gasteiger partial charge on any atom is 0.173 e. The van der Waals surface area contributed by atoms with Crippen LogP contribution in [0, 0.1) is 5.82 Å². The first kappa shape index (κ1) is 13.8. The Kier molecular flexibility index (Phi) is 3.73. The zero-order valence-corrected chi connectivity index (χ0v) is 11.6. The Morgan fingerprint density at radius 2 is 1.86 bits per heavy atom. The van der Waals surface area contributed by atoms with Gasteiger partial charge in [0.25, 0.3) is 0 Å². The zero-order chi connectivity index (χ0) is 14.8. The first-order chi connectivity index (χ1) is 10.2. The number of benzene rings is 2. The van der Waals surface area contributed by atoms with Crippen LogP contribution in [0.2, 0.25) is 5.02 Å². The van der Waals surface area contributed by atoms with Gasteiger partial charge in [-0.25, -0.2) is 4.39 Å². The van der Waals surface area contributed by atoms with E-state index >= 15 is 0 Å². The summed E-state index contributed by atoms with van der Waals surface area (Å²) in [6.07, 6.45) is 0. The number of rotatable bonds is 3. The summed E-state index contributed by atoms with van der Waals surface area (Å²) < 4.78 is 19.3. The van der Waals surface area contributed by atoms with Crippen LogP contribution < -0.4 is 0 Å². The molecule has 0 amide bonds. The van der Waals surface area contributed by atoms with E-state index in [0.717, 1.165) is 5.56 Å². The van der Waals surface area contributed by atoms with Gasteiger partial charge in [-0.2, -0.15) is 0 Å². The molecular formula is C16H11ClFNO2. The fourth-order valence-electron chi connectivity index (χ4n) is 2.19. The van der Waals surface area contributed by atoms with Gasteiger partial charge >= 0.3 is 0 Å². The molecule has 0 aliphatic rings. The fourth-order valence-corrected chi connectivity index (χ4v) is 2.45. The molecule has 1 aromatic heterocycles. The molecule has 1 N–H and O–H groups in total. The van der Waals surface area contributed by atoms with E-state index < -0.39 is 5.82 Å². The van der Waals surface area contributed by atoms with Crippen molar-refractivity contribution in [2.24, 2.45) is 0 Å². The number of aliphatic hydroxyl groups excluding tert-OH is 1. The third kappa shape index (κ3) is 2.44. The van der Waals surface area contributed by atoms with Crippen LogP contribution in [0.1, 0.15) is 5.56 Å². The normalized spacial score (nSPS) is 10.8. The lowest BCUT2D eigenvalue weighted by Gasteiger charge is -2.04. The summed E-state index contributed by atoms with van der Waals surface area (Å²) in [5.41, 5.74) is 1.52. The molecule has 3 rings (SSSR count). The molecule has 2 aromatic carbocycles. The Morgan fingerprint density at radius 1 is 1.10 bits per heavy atom. The van der Waals surface area contributed by atoms with Gasteiger partial charge < -0.3 is 9.63 Å². The minimum atomic E-state index is -0.509. The second-order valence-electron chi connectivity index (χ2n) is 4.46. The van der Waals surface area contributed by atoms with Gasteiger partial charge in [-0.1, -0.05) is 53.2 Å². The molecular weight excluding hydrogens is 293 g/mol. The summed E-state index contributed by atoms with van der Waals surface area (Å²) in [4.78, 5) is 0. The van der Waals surface area contributed by atoms with Gasteiger partial charge in [-0.05, 0) is 12.1 Å². The fraction of sp³-hybridized carbons (Fsp3) is 0.0625. The van der Waals surface area contributed by atoms with E-state index in [1.54, 1.807) is 6.07 Å². The van der Waals surface area contributed by atoms with E-state index in [0.29, 0.717) is 11.3 Å². The van der Waals surface area contributed by atoms with Gasteiger partial charge in [0, 0.05) is 5.56 Å². The van der Waals surface area contributed by atoms with Crippen molar-refractivity contribution in [1.29, 1.82) is 0 Å². The molecule has 3 nitrogen and oxygen atoms in total. The number of halogens is 2. The zero-order valence-electron chi connectivity index (χ0n) is 10.9. The smallest absolute Gasteiger partial charge is 0.173 e. The van der Waals surface area contributed by atoms with Crippen LogP contribution in [0.5, 0.6) is 0 Å². The van der Waals surface area contributed by atoms with Crippen LogP contribution in [0.4, 0.5) is 4.39 Å². The molecule has 0 saturated carbocycles. The van der Waals surface area contributed by atoms with Crippen LogP contribution in [0.15, 0.2) is 53.1 Å². The quantitative estimate of drug-likeness (QED) is 0.785. The first-order valence-corrected chi connectivity index (χ1v) is 6.69. The van der Waals surface area contributed by atoms with Crippen molar-refractivity contribution in [1.82, 2.24) is 5.16 Å². The SMILES string of the molecule is OCc1c(-c2c(F)cccc2Cl)noc1-c1ccccc1. The third-order valence-corrected chi connectivity index (χ3v) is 3.50. The highest BCUT2D eigenvalue weighted by molar-refractivity contribution is 6.33. The molecule has 0 unspecified atom stereocenters. The van der Waals surface area contributed by atoms with Crippen molar-refractivity contribution in [3.63, 3.8) is 0 Å². The standard InChI is InChI=1S/C16H11ClFNO2/c17-12-7-4-8-13(18)14(12)15-11(9-20)16(21-19-15)10-5-2-1-3-6-10/h1-8,20H,9H2. The predicted molar refractivity (Wildman–Crippen MR) is 78.3 cm³/mol. The maximum absolute atomic E-state index is 14.0. The highest BCUT2D eigenvalue weighted by atomic mass is 35.5. The molecule has 0 atom stereocenters. The molecule has 0 fully saturated rings. The van der Waals surface area contributed by atoms with E-state index in [9.17, 15) is 9.50 Å². The van der Waals surface area contributed by atoms with Gasteiger partial charge in [0.15, 0.2) is 5.76 Å². The first-order valence-electron chi connectivity index (χ1n) is 6.31. The molecule has 0 radical (unpaired) electrons. The molecule has 1 heterocycles. The number of nitrogens with zero attached hydrogens (tertiary/aromatic N) is 1. The van der Waals surface area contributed by atoms with Crippen molar-refractivity contribution < 1.29 is 14.0 Å². The molecule has 3 aromatic rings. The lowest BCUT2D eigenvalue weighted by Crippen LogP contribution is -1.92. The molecule has 5 heteroatoms. The molecule has 0 aliphatic heterocycles. The van der Waals surface area contributed by atoms with Crippen molar-refractivity contribution >= 4 is 11.6 Å². The van der Waals surface area contributed by atoms with Gasteiger partial charge in [0.1, 0.15) is 11.5 Å². The maximum atomic E-state index is 14.0. The van der Waals surface area contributed by atoms with E-state index in [1.807, 2.05) is 30.3 Å². The van der Waals surface area contributed by atoms with Crippen molar-refractivity contribution in [3.8, 4) is 22.6 Å². The topological polar surface area (TPSA) is 46.3 Å². The van der Waals surface area contributed by atoms with E-state index in [2.05, 4.69) is 5.16 Å². The summed E-state index contributed by atoms with van der Waals surface area (Å²) in [6.45, 7) is -0.326. The number of aromatic nitrogens is 1. The summed E-state index contributed by atoms with van der Waals surface area (Å²) in [5.74, 6) is -0.0995. The molecule has 0 aliphatic carbocycles. The van der Waals surface area contributed by atoms with Gasteiger partial charge in [0.2, 0.25) is 0 Å². The van der Waals surface area contributed by atoms with Crippen LogP contribution >= 0.6 is 11.6 Å². The number of hydrogen-bond acceptors (Lipinski definition) is 3. The Bertz CT molecular complexity index is 751. The highest BCUT2D eigenvalue weighted by Crippen LogP contribution is 2.36. The minimum absolute atomic E-state index is 0.133. The number of hydrogen-bond donors (Lipinski definition) is 1. The van der Waals surface area contributed by atoms with Gasteiger partial charge in [0.05, 0.1) is 22.8 Å². The molecule has 106 valence electrons. The lowest BCUT2D eigenvalue weighted by molar-refractivity contribution is 0.281. The van der Waals surface area contributed by atoms with Crippen LogP contribution in [0.3, 0.4) is 0 Å². The Balaban J connectivity index is 2.20. The van der Waals surface area contributed by atoms with Gasteiger partial charge in [-0.15, -0.1) is 0 Å². The van der Waals surface area contributed by atoms with Crippen LogP contribution in [0.25, 0.3) is 22.6 Å². The Morgan fingerprint density at radius 3 is 2.52 bits per heavy atom.